The molecular formula is C18H13ClN4. The molecule has 112 valence electrons. The number of allylic oxidation sites excluding steroid dienone is 1. The number of benzene rings is 1. The van der Waals surface area contributed by atoms with E-state index in [1.165, 1.54) is 5.56 Å². The molecule has 1 N–H and O–H groups in total. The molecule has 3 aromatic rings. The monoisotopic (exact) mass is 320 g/mol. The van der Waals surface area contributed by atoms with E-state index >= 15 is 0 Å². The van der Waals surface area contributed by atoms with Gasteiger partial charge < -0.3 is 5.32 Å². The summed E-state index contributed by atoms with van der Waals surface area (Å²) >= 11 is 6.33. The summed E-state index contributed by atoms with van der Waals surface area (Å²) in [5.74, 6) is 0.523. The van der Waals surface area contributed by atoms with Crippen molar-refractivity contribution >= 4 is 29.3 Å². The molecule has 1 aromatic carbocycles. The van der Waals surface area contributed by atoms with Crippen LogP contribution in [0.25, 0.3) is 17.5 Å². The second kappa shape index (κ2) is 5.82. The van der Waals surface area contributed by atoms with E-state index in [0.717, 1.165) is 34.1 Å². The number of aromatic nitrogens is 3. The largest absolute Gasteiger partial charge is 0.324 e. The fourth-order valence-electron chi connectivity index (χ4n) is 2.61. The van der Waals surface area contributed by atoms with Crippen molar-refractivity contribution in [1.82, 2.24) is 15.0 Å². The van der Waals surface area contributed by atoms with Gasteiger partial charge in [-0.2, -0.15) is 0 Å². The van der Waals surface area contributed by atoms with Gasteiger partial charge in [0.15, 0.2) is 0 Å². The van der Waals surface area contributed by atoms with Crippen molar-refractivity contribution < 1.29 is 0 Å². The van der Waals surface area contributed by atoms with E-state index in [0.29, 0.717) is 5.95 Å². The van der Waals surface area contributed by atoms with Crippen LogP contribution in [0.1, 0.15) is 11.1 Å². The minimum Gasteiger partial charge on any atom is -0.324 e. The lowest BCUT2D eigenvalue weighted by atomic mass is 10.1. The molecule has 4 rings (SSSR count). The van der Waals surface area contributed by atoms with Gasteiger partial charge in [0.2, 0.25) is 5.95 Å². The molecule has 0 bridgehead atoms. The first-order valence-corrected chi connectivity index (χ1v) is 7.68. The average molecular weight is 321 g/mol. The van der Waals surface area contributed by atoms with Gasteiger partial charge >= 0.3 is 0 Å². The summed E-state index contributed by atoms with van der Waals surface area (Å²) in [6.45, 7) is 0. The molecule has 0 saturated carbocycles. The summed E-state index contributed by atoms with van der Waals surface area (Å²) in [5.41, 5.74) is 4.78. The van der Waals surface area contributed by atoms with Gasteiger partial charge in [-0.3, -0.25) is 4.98 Å². The Bertz CT molecular complexity index is 891. The van der Waals surface area contributed by atoms with E-state index in [1.807, 2.05) is 30.3 Å². The van der Waals surface area contributed by atoms with Crippen LogP contribution in [0, 0.1) is 0 Å². The van der Waals surface area contributed by atoms with Crippen molar-refractivity contribution in [3.63, 3.8) is 0 Å². The molecule has 4 nitrogen and oxygen atoms in total. The molecule has 23 heavy (non-hydrogen) atoms. The Balaban J connectivity index is 1.64. The van der Waals surface area contributed by atoms with Gasteiger partial charge in [0.1, 0.15) is 0 Å². The second-order valence-corrected chi connectivity index (χ2v) is 5.65. The molecule has 5 heteroatoms. The van der Waals surface area contributed by atoms with Gasteiger partial charge in [0, 0.05) is 18.1 Å². The Labute approximate surface area is 138 Å². The van der Waals surface area contributed by atoms with Gasteiger partial charge in [0.25, 0.3) is 0 Å². The van der Waals surface area contributed by atoms with Crippen LogP contribution in [0.2, 0.25) is 5.02 Å². The van der Waals surface area contributed by atoms with Gasteiger partial charge in [-0.05, 0) is 47.9 Å². The summed E-state index contributed by atoms with van der Waals surface area (Å²) < 4.78 is 0. The molecule has 0 atom stereocenters. The van der Waals surface area contributed by atoms with Crippen molar-refractivity contribution in [2.24, 2.45) is 0 Å². The van der Waals surface area contributed by atoms with Gasteiger partial charge in [-0.15, -0.1) is 0 Å². The zero-order valence-electron chi connectivity index (χ0n) is 12.2. The van der Waals surface area contributed by atoms with Crippen LogP contribution in [0.5, 0.6) is 0 Å². The minimum atomic E-state index is 0.523. The normalized spacial score (nSPS) is 12.2. The van der Waals surface area contributed by atoms with E-state index in [2.05, 4.69) is 38.5 Å². The Hall–Kier alpha value is -2.72. The van der Waals surface area contributed by atoms with Gasteiger partial charge in [-0.1, -0.05) is 29.8 Å². The average Bonchev–Trinajstić information content (AvgIpc) is 3.05. The molecule has 0 spiro atoms. The lowest BCUT2D eigenvalue weighted by Gasteiger charge is -2.09. The predicted octanol–water partition coefficient (Wildman–Crippen LogP) is 4.50. The summed E-state index contributed by atoms with van der Waals surface area (Å²) in [7, 11) is 0. The Morgan fingerprint density at radius 2 is 1.96 bits per heavy atom. The van der Waals surface area contributed by atoms with Crippen molar-refractivity contribution in [3.8, 4) is 11.4 Å². The van der Waals surface area contributed by atoms with Crippen LogP contribution in [0.15, 0.2) is 54.9 Å². The molecule has 0 amide bonds. The molecule has 0 aliphatic heterocycles. The number of nitrogens with zero attached hydrogens (tertiary/aromatic N) is 3. The van der Waals surface area contributed by atoms with Crippen molar-refractivity contribution in [3.05, 3.63) is 71.0 Å². The Morgan fingerprint density at radius 3 is 2.83 bits per heavy atom. The van der Waals surface area contributed by atoms with E-state index < -0.39 is 0 Å². The summed E-state index contributed by atoms with van der Waals surface area (Å²) in [4.78, 5) is 13.1. The number of hydrogen-bond donors (Lipinski definition) is 1. The van der Waals surface area contributed by atoms with Crippen LogP contribution >= 0.6 is 11.6 Å². The van der Waals surface area contributed by atoms with Gasteiger partial charge in [0.05, 0.1) is 16.4 Å². The smallest absolute Gasteiger partial charge is 0.227 e. The second-order valence-electron chi connectivity index (χ2n) is 5.24. The number of nitrogens with one attached hydrogen (secondary N) is 1. The molecule has 2 aromatic heterocycles. The van der Waals surface area contributed by atoms with E-state index in [-0.39, 0.29) is 0 Å². The summed E-state index contributed by atoms with van der Waals surface area (Å²) in [6.07, 6.45) is 8.53. The highest BCUT2D eigenvalue weighted by Gasteiger charge is 2.11. The Morgan fingerprint density at radius 1 is 1.00 bits per heavy atom. The summed E-state index contributed by atoms with van der Waals surface area (Å²) in [5, 5.41) is 3.96. The predicted molar refractivity (Wildman–Crippen MR) is 92.7 cm³/mol. The number of fused-ring (bicyclic) bond motifs is 1. The number of anilines is 2. The van der Waals surface area contributed by atoms with Crippen LogP contribution in [0.4, 0.5) is 11.6 Å². The number of pyridine rings is 1. The first kappa shape index (κ1) is 13.9. The van der Waals surface area contributed by atoms with Crippen molar-refractivity contribution in [2.75, 3.05) is 5.32 Å². The van der Waals surface area contributed by atoms with E-state index in [9.17, 15) is 0 Å². The maximum atomic E-state index is 6.33. The third-order valence-electron chi connectivity index (χ3n) is 3.68. The van der Waals surface area contributed by atoms with E-state index in [4.69, 9.17) is 11.6 Å². The highest BCUT2D eigenvalue weighted by Crippen LogP contribution is 2.31. The zero-order valence-corrected chi connectivity index (χ0v) is 13.0. The Kier molecular flexibility index (Phi) is 3.52. The molecule has 1 aliphatic rings. The topological polar surface area (TPSA) is 50.7 Å². The number of rotatable bonds is 3. The van der Waals surface area contributed by atoms with E-state index in [1.54, 1.807) is 12.4 Å². The fourth-order valence-corrected chi connectivity index (χ4v) is 2.91. The first-order chi connectivity index (χ1) is 11.3. The SMILES string of the molecule is Clc1cc(Nc2nccc(-c3ccccn3)n2)cc2c1C=CC2. The quantitative estimate of drug-likeness (QED) is 0.771. The van der Waals surface area contributed by atoms with Gasteiger partial charge in [-0.25, -0.2) is 9.97 Å². The molecule has 1 aliphatic carbocycles. The molecule has 0 fully saturated rings. The molecular weight excluding hydrogens is 308 g/mol. The lowest BCUT2D eigenvalue weighted by molar-refractivity contribution is 1.15. The maximum absolute atomic E-state index is 6.33. The lowest BCUT2D eigenvalue weighted by Crippen LogP contribution is -1.99. The zero-order chi connectivity index (χ0) is 15.6. The summed E-state index contributed by atoms with van der Waals surface area (Å²) in [6, 6.07) is 11.6. The minimum absolute atomic E-state index is 0.523. The van der Waals surface area contributed by atoms with Crippen LogP contribution in [-0.4, -0.2) is 15.0 Å². The van der Waals surface area contributed by atoms with Crippen molar-refractivity contribution in [2.45, 2.75) is 6.42 Å². The van der Waals surface area contributed by atoms with Crippen LogP contribution in [-0.2, 0) is 6.42 Å². The first-order valence-electron chi connectivity index (χ1n) is 7.30. The number of hydrogen-bond acceptors (Lipinski definition) is 4. The molecule has 0 saturated heterocycles. The molecule has 2 heterocycles. The standard InChI is InChI=1S/C18H13ClN4/c19-15-11-13(10-12-4-3-5-14(12)15)22-18-21-9-7-17(23-18)16-6-1-2-8-20-16/h1-3,5-11H,4H2,(H,21,22,23). The maximum Gasteiger partial charge on any atom is 0.227 e. The highest BCUT2D eigenvalue weighted by molar-refractivity contribution is 6.32. The molecule has 0 radical (unpaired) electrons. The van der Waals surface area contributed by atoms with Crippen LogP contribution < -0.4 is 5.32 Å². The van der Waals surface area contributed by atoms with Crippen LogP contribution in [0.3, 0.4) is 0 Å². The molecule has 0 unspecified atom stereocenters. The highest BCUT2D eigenvalue weighted by atomic mass is 35.5. The number of halogens is 1. The van der Waals surface area contributed by atoms with Crippen molar-refractivity contribution in [1.29, 1.82) is 0 Å². The third kappa shape index (κ3) is 2.81. The fraction of sp³-hybridized carbons (Fsp3) is 0.0556. The third-order valence-corrected chi connectivity index (χ3v) is 3.99.